The molecule has 8 heteroatoms. The first kappa shape index (κ1) is 17.9. The Hall–Kier alpha value is -4.20. The van der Waals surface area contributed by atoms with Crippen LogP contribution in [0.25, 0.3) is 16.8 Å². The maximum absolute atomic E-state index is 14.9. The largest absolute Gasteiger partial charge is 0.399 e. The zero-order valence-corrected chi connectivity index (χ0v) is 15.3. The highest BCUT2D eigenvalue weighted by Crippen LogP contribution is 2.32. The van der Waals surface area contributed by atoms with E-state index in [1.54, 1.807) is 24.3 Å². The molecule has 1 heterocycles. The number of aromatic nitrogens is 3. The average molecular weight is 402 g/mol. The van der Waals surface area contributed by atoms with E-state index in [9.17, 15) is 18.4 Å². The number of anilines is 1. The lowest BCUT2D eigenvalue weighted by Gasteiger charge is -2.15. The second kappa shape index (κ2) is 6.41. The van der Waals surface area contributed by atoms with Gasteiger partial charge in [0, 0.05) is 28.9 Å². The molecule has 0 radical (unpaired) electrons. The second-order valence-electron chi connectivity index (χ2n) is 6.81. The first-order valence-corrected chi connectivity index (χ1v) is 8.95. The lowest BCUT2D eigenvalue weighted by atomic mass is 9.90. The third kappa shape index (κ3) is 2.54. The average Bonchev–Trinajstić information content (AvgIpc) is 3.17. The molecule has 0 saturated heterocycles. The van der Waals surface area contributed by atoms with Crippen LogP contribution in [-0.4, -0.2) is 26.6 Å². The highest BCUT2D eigenvalue weighted by Gasteiger charge is 2.35. The van der Waals surface area contributed by atoms with Gasteiger partial charge in [0.1, 0.15) is 17.3 Å². The van der Waals surface area contributed by atoms with E-state index in [1.165, 1.54) is 24.3 Å². The number of ketones is 2. The molecule has 0 aliphatic heterocycles. The monoisotopic (exact) mass is 402 g/mol. The Kier molecular flexibility index (Phi) is 3.82. The van der Waals surface area contributed by atoms with Gasteiger partial charge in [-0.2, -0.15) is 0 Å². The molecule has 146 valence electrons. The smallest absolute Gasteiger partial charge is 0.216 e. The lowest BCUT2D eigenvalue weighted by molar-refractivity contribution is 0.0972. The highest BCUT2D eigenvalue weighted by atomic mass is 19.1. The molecule has 1 aliphatic carbocycles. The third-order valence-corrected chi connectivity index (χ3v) is 4.96. The van der Waals surface area contributed by atoms with Crippen molar-refractivity contribution < 1.29 is 18.4 Å². The van der Waals surface area contributed by atoms with Crippen LogP contribution in [0.4, 0.5) is 14.5 Å². The number of nitrogens with zero attached hydrogens (tertiary/aromatic N) is 3. The van der Waals surface area contributed by atoms with Gasteiger partial charge >= 0.3 is 0 Å². The van der Waals surface area contributed by atoms with Crippen LogP contribution in [0.5, 0.6) is 0 Å². The summed E-state index contributed by atoms with van der Waals surface area (Å²) in [6.07, 6.45) is 0. The van der Waals surface area contributed by atoms with Gasteiger partial charge in [0.05, 0.1) is 11.3 Å². The normalized spacial score (nSPS) is 12.6. The van der Waals surface area contributed by atoms with Gasteiger partial charge in [-0.3, -0.25) is 9.59 Å². The third-order valence-electron chi connectivity index (χ3n) is 4.96. The Morgan fingerprint density at radius 2 is 1.50 bits per heavy atom. The van der Waals surface area contributed by atoms with Crippen LogP contribution in [0, 0.1) is 11.6 Å². The van der Waals surface area contributed by atoms with Crippen LogP contribution in [0.1, 0.15) is 32.1 Å². The van der Waals surface area contributed by atoms with E-state index < -0.39 is 23.2 Å². The fourth-order valence-electron chi connectivity index (χ4n) is 3.61. The molecule has 6 nitrogen and oxygen atoms in total. The fourth-order valence-corrected chi connectivity index (χ4v) is 3.61. The number of hydrogen-bond acceptors (Lipinski definition) is 5. The number of benzene rings is 3. The first-order valence-electron chi connectivity index (χ1n) is 8.95. The molecule has 0 amide bonds. The molecule has 0 saturated carbocycles. The van der Waals surface area contributed by atoms with Gasteiger partial charge in [-0.1, -0.05) is 41.6 Å². The van der Waals surface area contributed by atoms with E-state index in [4.69, 9.17) is 5.73 Å². The zero-order valence-electron chi connectivity index (χ0n) is 15.3. The minimum absolute atomic E-state index is 0.0630. The molecule has 0 atom stereocenters. The molecule has 0 spiro atoms. The van der Waals surface area contributed by atoms with Crippen molar-refractivity contribution >= 4 is 17.3 Å². The fraction of sp³-hybridized carbons (Fsp3) is 0. The minimum Gasteiger partial charge on any atom is -0.399 e. The standard InChI is InChI=1S/C22H12F2N4O2/c23-16-9-13(10-17(24)18(16)11-4-3-5-12(25)8-11)28-20-19(26-27-28)21(29)14-6-1-2-7-15(14)22(20)30/h1-10H,25H2. The maximum Gasteiger partial charge on any atom is 0.216 e. The highest BCUT2D eigenvalue weighted by molar-refractivity contribution is 6.27. The minimum atomic E-state index is -0.866. The van der Waals surface area contributed by atoms with Gasteiger partial charge in [-0.15, -0.1) is 5.10 Å². The van der Waals surface area contributed by atoms with Crippen LogP contribution in [0.3, 0.4) is 0 Å². The maximum atomic E-state index is 14.9. The van der Waals surface area contributed by atoms with Crippen LogP contribution in [0.15, 0.2) is 60.7 Å². The molecule has 4 aromatic rings. The second-order valence-corrected chi connectivity index (χ2v) is 6.81. The molecular formula is C22H12F2N4O2. The molecule has 0 unspecified atom stereocenters. The quantitative estimate of drug-likeness (QED) is 0.456. The van der Waals surface area contributed by atoms with Crippen molar-refractivity contribution in [2.45, 2.75) is 0 Å². The molecule has 1 aromatic heterocycles. The Morgan fingerprint density at radius 1 is 0.833 bits per heavy atom. The Bertz CT molecular complexity index is 1350. The van der Waals surface area contributed by atoms with Gasteiger partial charge in [0.15, 0.2) is 5.69 Å². The van der Waals surface area contributed by atoms with Crippen LogP contribution < -0.4 is 5.73 Å². The number of fused-ring (bicyclic) bond motifs is 2. The number of hydrogen-bond donors (Lipinski definition) is 1. The molecular weight excluding hydrogens is 390 g/mol. The van der Waals surface area contributed by atoms with Gasteiger partial charge < -0.3 is 5.73 Å². The number of rotatable bonds is 2. The predicted octanol–water partition coefficient (Wildman–Crippen LogP) is 3.57. The summed E-state index contributed by atoms with van der Waals surface area (Å²) in [5, 5.41) is 7.62. The molecule has 1 aliphatic rings. The van der Waals surface area contributed by atoms with Gasteiger partial charge in [-0.25, -0.2) is 13.5 Å². The van der Waals surface area contributed by atoms with Crippen molar-refractivity contribution in [3.05, 3.63) is 94.8 Å². The van der Waals surface area contributed by atoms with E-state index in [2.05, 4.69) is 10.3 Å². The summed E-state index contributed by atoms with van der Waals surface area (Å²) >= 11 is 0. The molecule has 0 fully saturated rings. The van der Waals surface area contributed by atoms with E-state index in [0.717, 1.165) is 16.8 Å². The van der Waals surface area contributed by atoms with Crippen LogP contribution in [-0.2, 0) is 0 Å². The molecule has 0 bridgehead atoms. The van der Waals surface area contributed by atoms with Gasteiger partial charge in [0.2, 0.25) is 11.6 Å². The first-order chi connectivity index (χ1) is 14.5. The molecule has 2 N–H and O–H groups in total. The number of carbonyl (C=O) groups excluding carboxylic acids is 2. The van der Waals surface area contributed by atoms with Crippen LogP contribution >= 0.6 is 0 Å². The van der Waals surface area contributed by atoms with E-state index in [1.807, 2.05) is 0 Å². The van der Waals surface area contributed by atoms with E-state index >= 15 is 0 Å². The summed E-state index contributed by atoms with van der Waals surface area (Å²) in [7, 11) is 0. The summed E-state index contributed by atoms with van der Waals surface area (Å²) in [5.74, 6) is -2.70. The molecule has 30 heavy (non-hydrogen) atoms. The SMILES string of the molecule is Nc1cccc(-c2c(F)cc(-n3nnc4c3C(=O)c3ccccc3C4=O)cc2F)c1. The number of halogens is 2. The van der Waals surface area contributed by atoms with E-state index in [-0.39, 0.29) is 39.3 Å². The van der Waals surface area contributed by atoms with Crippen LogP contribution in [0.2, 0.25) is 0 Å². The summed E-state index contributed by atoms with van der Waals surface area (Å²) < 4.78 is 30.7. The van der Waals surface area contributed by atoms with Crippen molar-refractivity contribution in [1.82, 2.24) is 15.0 Å². The topological polar surface area (TPSA) is 90.9 Å². The van der Waals surface area contributed by atoms with Crippen molar-refractivity contribution in [2.75, 3.05) is 5.73 Å². The summed E-state index contributed by atoms with van der Waals surface area (Å²) in [6, 6.07) is 14.6. The molecule has 5 rings (SSSR count). The van der Waals surface area contributed by atoms with Crippen molar-refractivity contribution in [2.24, 2.45) is 0 Å². The Balaban J connectivity index is 1.66. The summed E-state index contributed by atoms with van der Waals surface area (Å²) in [5.41, 5.74) is 6.16. The van der Waals surface area contributed by atoms with Gasteiger partial charge in [0.25, 0.3) is 0 Å². The Labute approximate surface area is 168 Å². The number of nitrogen functional groups attached to an aromatic ring is 1. The molecule has 3 aromatic carbocycles. The Morgan fingerprint density at radius 3 is 2.17 bits per heavy atom. The van der Waals surface area contributed by atoms with Crippen molar-refractivity contribution in [3.8, 4) is 16.8 Å². The predicted molar refractivity (Wildman–Crippen MR) is 104 cm³/mol. The zero-order chi connectivity index (χ0) is 21.0. The van der Waals surface area contributed by atoms with Crippen molar-refractivity contribution in [3.63, 3.8) is 0 Å². The lowest BCUT2D eigenvalue weighted by Crippen LogP contribution is -2.23. The van der Waals surface area contributed by atoms with Gasteiger partial charge in [-0.05, 0) is 17.7 Å². The summed E-state index contributed by atoms with van der Waals surface area (Å²) in [6.45, 7) is 0. The van der Waals surface area contributed by atoms with Crippen molar-refractivity contribution in [1.29, 1.82) is 0 Å². The number of carbonyl (C=O) groups is 2. The summed E-state index contributed by atoms with van der Waals surface area (Å²) in [4.78, 5) is 25.6. The number of nitrogens with two attached hydrogens (primary N) is 1. The van der Waals surface area contributed by atoms with E-state index in [0.29, 0.717) is 5.69 Å².